The SMILES string of the molecule is CCOc1cc(NC(=NC)NCc2ccc(OC)c(C)c2)ccc1OC. The highest BCUT2D eigenvalue weighted by Crippen LogP contribution is 2.30. The Kier molecular flexibility index (Phi) is 7.14. The number of rotatable bonds is 7. The van der Waals surface area contributed by atoms with Gasteiger partial charge in [0.25, 0.3) is 0 Å². The van der Waals surface area contributed by atoms with Gasteiger partial charge in [0.2, 0.25) is 0 Å². The Bertz CT molecular complexity index is 760. The summed E-state index contributed by atoms with van der Waals surface area (Å²) in [6, 6.07) is 11.8. The van der Waals surface area contributed by atoms with Crippen LogP contribution in [0.15, 0.2) is 41.4 Å². The van der Waals surface area contributed by atoms with Gasteiger partial charge in [-0.25, -0.2) is 0 Å². The van der Waals surface area contributed by atoms with Crippen LogP contribution in [0.4, 0.5) is 5.69 Å². The number of nitrogens with one attached hydrogen (secondary N) is 2. The molecule has 26 heavy (non-hydrogen) atoms. The van der Waals surface area contributed by atoms with Gasteiger partial charge < -0.3 is 24.8 Å². The van der Waals surface area contributed by atoms with Crippen LogP contribution in [-0.4, -0.2) is 33.8 Å². The zero-order valence-electron chi connectivity index (χ0n) is 16.1. The molecular formula is C20H27N3O3. The molecule has 2 aromatic carbocycles. The highest BCUT2D eigenvalue weighted by Gasteiger charge is 2.07. The van der Waals surface area contributed by atoms with Crippen molar-refractivity contribution in [3.05, 3.63) is 47.5 Å². The molecule has 0 amide bonds. The van der Waals surface area contributed by atoms with Crippen molar-refractivity contribution in [1.82, 2.24) is 5.32 Å². The molecule has 0 aliphatic carbocycles. The van der Waals surface area contributed by atoms with E-state index in [9.17, 15) is 0 Å². The third-order valence-corrected chi connectivity index (χ3v) is 3.87. The van der Waals surface area contributed by atoms with E-state index in [0.29, 0.717) is 30.6 Å². The van der Waals surface area contributed by atoms with Crippen LogP contribution in [0, 0.1) is 6.92 Å². The topological polar surface area (TPSA) is 64.1 Å². The molecule has 0 spiro atoms. The normalized spacial score (nSPS) is 11.0. The Morgan fingerprint density at radius 1 is 1.00 bits per heavy atom. The van der Waals surface area contributed by atoms with Crippen molar-refractivity contribution in [2.24, 2.45) is 4.99 Å². The van der Waals surface area contributed by atoms with E-state index in [1.54, 1.807) is 21.3 Å². The van der Waals surface area contributed by atoms with Gasteiger partial charge in [-0.1, -0.05) is 12.1 Å². The predicted octanol–water partition coefficient (Wildman–Crippen LogP) is 3.60. The summed E-state index contributed by atoms with van der Waals surface area (Å²) in [5.74, 6) is 2.96. The van der Waals surface area contributed by atoms with Gasteiger partial charge >= 0.3 is 0 Å². The van der Waals surface area contributed by atoms with Crippen LogP contribution in [0.1, 0.15) is 18.1 Å². The molecule has 6 nitrogen and oxygen atoms in total. The van der Waals surface area contributed by atoms with Gasteiger partial charge in [-0.3, -0.25) is 4.99 Å². The summed E-state index contributed by atoms with van der Waals surface area (Å²) in [5.41, 5.74) is 3.12. The minimum Gasteiger partial charge on any atom is -0.496 e. The first kappa shape index (κ1) is 19.4. The number of hydrogen-bond acceptors (Lipinski definition) is 4. The third kappa shape index (κ3) is 5.05. The van der Waals surface area contributed by atoms with E-state index >= 15 is 0 Å². The monoisotopic (exact) mass is 357 g/mol. The van der Waals surface area contributed by atoms with Crippen molar-refractivity contribution in [3.63, 3.8) is 0 Å². The third-order valence-electron chi connectivity index (χ3n) is 3.87. The molecule has 0 unspecified atom stereocenters. The van der Waals surface area contributed by atoms with E-state index in [0.717, 1.165) is 22.6 Å². The molecule has 2 aromatic rings. The quantitative estimate of drug-likeness (QED) is 0.586. The van der Waals surface area contributed by atoms with Crippen molar-refractivity contribution in [2.75, 3.05) is 33.2 Å². The van der Waals surface area contributed by atoms with Crippen LogP contribution in [0.3, 0.4) is 0 Å². The smallest absolute Gasteiger partial charge is 0.195 e. The molecule has 0 saturated carbocycles. The van der Waals surface area contributed by atoms with Gasteiger partial charge in [0.1, 0.15) is 5.75 Å². The molecule has 0 aliphatic rings. The summed E-state index contributed by atoms with van der Waals surface area (Å²) < 4.78 is 16.2. The molecule has 2 rings (SSSR count). The fraction of sp³-hybridized carbons (Fsp3) is 0.350. The standard InChI is InChI=1S/C20H27N3O3/c1-6-26-19-12-16(8-10-18(19)25-5)23-20(21-3)22-13-15-7-9-17(24-4)14(2)11-15/h7-12H,6,13H2,1-5H3,(H2,21,22,23). The summed E-state index contributed by atoms with van der Waals surface area (Å²) in [4.78, 5) is 4.27. The van der Waals surface area contributed by atoms with Crippen LogP contribution in [0.5, 0.6) is 17.2 Å². The Morgan fingerprint density at radius 3 is 2.35 bits per heavy atom. The lowest BCUT2D eigenvalue weighted by Crippen LogP contribution is -2.30. The van der Waals surface area contributed by atoms with E-state index in [4.69, 9.17) is 14.2 Å². The van der Waals surface area contributed by atoms with Crippen molar-refractivity contribution < 1.29 is 14.2 Å². The number of nitrogens with zero attached hydrogens (tertiary/aromatic N) is 1. The lowest BCUT2D eigenvalue weighted by Gasteiger charge is -2.15. The number of aryl methyl sites for hydroxylation is 1. The van der Waals surface area contributed by atoms with Gasteiger partial charge in [-0.15, -0.1) is 0 Å². The summed E-state index contributed by atoms with van der Waals surface area (Å²) in [6.07, 6.45) is 0. The molecule has 6 heteroatoms. The fourth-order valence-corrected chi connectivity index (χ4v) is 2.57. The number of aliphatic imine (C=N–C) groups is 1. The maximum absolute atomic E-state index is 5.61. The van der Waals surface area contributed by atoms with E-state index < -0.39 is 0 Å². The maximum Gasteiger partial charge on any atom is 0.195 e. The van der Waals surface area contributed by atoms with Gasteiger partial charge in [0, 0.05) is 25.3 Å². The molecule has 0 saturated heterocycles. The lowest BCUT2D eigenvalue weighted by molar-refractivity contribution is 0.311. The van der Waals surface area contributed by atoms with Crippen LogP contribution in [0.2, 0.25) is 0 Å². The van der Waals surface area contributed by atoms with Crippen LogP contribution in [0.25, 0.3) is 0 Å². The number of hydrogen-bond donors (Lipinski definition) is 2. The number of methoxy groups -OCH3 is 2. The molecule has 0 fully saturated rings. The van der Waals surface area contributed by atoms with Gasteiger partial charge in [0.15, 0.2) is 17.5 Å². The fourth-order valence-electron chi connectivity index (χ4n) is 2.57. The average Bonchev–Trinajstić information content (AvgIpc) is 2.65. The molecular weight excluding hydrogens is 330 g/mol. The molecule has 0 radical (unpaired) electrons. The second-order valence-corrected chi connectivity index (χ2v) is 5.65. The van der Waals surface area contributed by atoms with Gasteiger partial charge in [0.05, 0.1) is 20.8 Å². The van der Waals surface area contributed by atoms with Crippen LogP contribution < -0.4 is 24.8 Å². The zero-order chi connectivity index (χ0) is 18.9. The van der Waals surface area contributed by atoms with Crippen molar-refractivity contribution in [3.8, 4) is 17.2 Å². The van der Waals surface area contributed by atoms with E-state index in [1.807, 2.05) is 44.2 Å². The molecule has 0 atom stereocenters. The summed E-state index contributed by atoms with van der Waals surface area (Å²) in [7, 11) is 5.04. The first-order valence-electron chi connectivity index (χ1n) is 8.53. The van der Waals surface area contributed by atoms with Crippen molar-refractivity contribution in [1.29, 1.82) is 0 Å². The molecule has 140 valence electrons. The maximum atomic E-state index is 5.61. The Morgan fingerprint density at radius 2 is 1.73 bits per heavy atom. The van der Waals surface area contributed by atoms with Crippen LogP contribution >= 0.6 is 0 Å². The Balaban J connectivity index is 2.03. The van der Waals surface area contributed by atoms with Crippen LogP contribution in [-0.2, 0) is 6.54 Å². The Hall–Kier alpha value is -2.89. The average molecular weight is 357 g/mol. The molecule has 0 heterocycles. The van der Waals surface area contributed by atoms with Gasteiger partial charge in [-0.05, 0) is 43.2 Å². The highest BCUT2D eigenvalue weighted by atomic mass is 16.5. The zero-order valence-corrected chi connectivity index (χ0v) is 16.1. The summed E-state index contributed by atoms with van der Waals surface area (Å²) in [6.45, 7) is 5.20. The minimum absolute atomic E-state index is 0.573. The lowest BCUT2D eigenvalue weighted by atomic mass is 10.1. The summed E-state index contributed by atoms with van der Waals surface area (Å²) >= 11 is 0. The molecule has 0 aliphatic heterocycles. The summed E-state index contributed by atoms with van der Waals surface area (Å²) in [5, 5.41) is 6.57. The first-order valence-corrected chi connectivity index (χ1v) is 8.53. The second kappa shape index (κ2) is 9.56. The first-order chi connectivity index (χ1) is 12.6. The Labute approximate surface area is 155 Å². The van der Waals surface area contributed by atoms with Crippen molar-refractivity contribution in [2.45, 2.75) is 20.4 Å². The number of anilines is 1. The number of ether oxygens (including phenoxy) is 3. The number of benzene rings is 2. The van der Waals surface area contributed by atoms with E-state index in [-0.39, 0.29) is 0 Å². The van der Waals surface area contributed by atoms with E-state index in [2.05, 4.69) is 21.7 Å². The predicted molar refractivity (Wildman–Crippen MR) is 106 cm³/mol. The molecule has 0 bridgehead atoms. The molecule has 0 aromatic heterocycles. The van der Waals surface area contributed by atoms with Crippen molar-refractivity contribution >= 4 is 11.6 Å². The largest absolute Gasteiger partial charge is 0.496 e. The van der Waals surface area contributed by atoms with Gasteiger partial charge in [-0.2, -0.15) is 0 Å². The minimum atomic E-state index is 0.573. The van der Waals surface area contributed by atoms with E-state index in [1.165, 1.54) is 0 Å². The molecule has 2 N–H and O–H groups in total. The second-order valence-electron chi connectivity index (χ2n) is 5.65. The number of guanidine groups is 1. The highest BCUT2D eigenvalue weighted by molar-refractivity contribution is 5.93.